The van der Waals surface area contributed by atoms with Gasteiger partial charge in [0.25, 0.3) is 5.91 Å². The predicted octanol–water partition coefficient (Wildman–Crippen LogP) is 2.57. The molecule has 4 heteroatoms. The lowest BCUT2D eigenvalue weighted by Crippen LogP contribution is -2.31. The summed E-state index contributed by atoms with van der Waals surface area (Å²) in [6.07, 6.45) is 0.859. The zero-order chi connectivity index (χ0) is 12.8. The van der Waals surface area contributed by atoms with Crippen molar-refractivity contribution in [3.05, 3.63) is 35.1 Å². The third-order valence-corrected chi connectivity index (χ3v) is 2.50. The second-order valence-corrected chi connectivity index (χ2v) is 3.69. The van der Waals surface area contributed by atoms with Crippen LogP contribution in [-0.2, 0) is 0 Å². The molecular weight excluding hydrogens is 219 g/mol. The number of rotatable bonds is 4. The molecule has 0 N–H and O–H groups in total. The first kappa shape index (κ1) is 13.2. The van der Waals surface area contributed by atoms with Gasteiger partial charge in [-0.2, -0.15) is 5.26 Å². The van der Waals surface area contributed by atoms with Crippen molar-refractivity contribution < 1.29 is 9.18 Å². The molecule has 0 saturated carbocycles. The first-order valence-electron chi connectivity index (χ1n) is 5.63. The summed E-state index contributed by atoms with van der Waals surface area (Å²) in [4.78, 5) is 13.6. The molecule has 3 nitrogen and oxygen atoms in total. The van der Waals surface area contributed by atoms with Crippen LogP contribution in [0.3, 0.4) is 0 Å². The van der Waals surface area contributed by atoms with E-state index in [0.29, 0.717) is 13.1 Å². The van der Waals surface area contributed by atoms with Gasteiger partial charge in [0.2, 0.25) is 0 Å². The van der Waals surface area contributed by atoms with E-state index in [2.05, 4.69) is 0 Å². The van der Waals surface area contributed by atoms with Gasteiger partial charge in [-0.15, -0.1) is 0 Å². The van der Waals surface area contributed by atoms with E-state index in [1.54, 1.807) is 11.0 Å². The average Bonchev–Trinajstić information content (AvgIpc) is 2.35. The largest absolute Gasteiger partial charge is 0.339 e. The number of halogens is 1. The standard InChI is InChI=1S/C13H15FN2O/c1-3-7-16(4-2)13(17)10-5-6-11(9-15)12(14)8-10/h5-6,8H,3-4,7H2,1-2H3. The van der Waals surface area contributed by atoms with Crippen molar-refractivity contribution in [1.82, 2.24) is 4.90 Å². The highest BCUT2D eigenvalue weighted by molar-refractivity contribution is 5.94. The Balaban J connectivity index is 2.97. The molecule has 0 aromatic heterocycles. The Hall–Kier alpha value is -1.89. The molecule has 1 rings (SSSR count). The maximum atomic E-state index is 13.4. The zero-order valence-corrected chi connectivity index (χ0v) is 10.0. The van der Waals surface area contributed by atoms with Crippen LogP contribution in [0.1, 0.15) is 36.2 Å². The Morgan fingerprint density at radius 3 is 2.65 bits per heavy atom. The quantitative estimate of drug-likeness (QED) is 0.803. The van der Waals surface area contributed by atoms with Gasteiger partial charge in [0, 0.05) is 18.7 Å². The topological polar surface area (TPSA) is 44.1 Å². The van der Waals surface area contributed by atoms with Gasteiger partial charge in [-0.25, -0.2) is 4.39 Å². The molecule has 0 aliphatic heterocycles. The van der Waals surface area contributed by atoms with Crippen molar-refractivity contribution in [3.63, 3.8) is 0 Å². The Kier molecular flexibility index (Phi) is 4.65. The molecule has 1 amide bonds. The lowest BCUT2D eigenvalue weighted by molar-refractivity contribution is 0.0764. The normalized spacial score (nSPS) is 9.76. The van der Waals surface area contributed by atoms with E-state index in [9.17, 15) is 9.18 Å². The highest BCUT2D eigenvalue weighted by atomic mass is 19.1. The van der Waals surface area contributed by atoms with Gasteiger partial charge < -0.3 is 4.90 Å². The van der Waals surface area contributed by atoms with Gasteiger partial charge in [0.1, 0.15) is 11.9 Å². The Bertz CT molecular complexity index is 451. The van der Waals surface area contributed by atoms with E-state index in [-0.39, 0.29) is 17.0 Å². The minimum Gasteiger partial charge on any atom is -0.339 e. The van der Waals surface area contributed by atoms with Crippen molar-refractivity contribution in [1.29, 1.82) is 5.26 Å². The molecule has 0 radical (unpaired) electrons. The summed E-state index contributed by atoms with van der Waals surface area (Å²) in [6.45, 7) is 5.11. The highest BCUT2D eigenvalue weighted by Crippen LogP contribution is 2.12. The Morgan fingerprint density at radius 1 is 1.47 bits per heavy atom. The number of hydrogen-bond acceptors (Lipinski definition) is 2. The number of carbonyl (C=O) groups excluding carboxylic acids is 1. The number of nitrogens with zero attached hydrogens (tertiary/aromatic N) is 2. The smallest absolute Gasteiger partial charge is 0.253 e. The minimum atomic E-state index is -0.647. The number of carbonyl (C=O) groups is 1. The first-order chi connectivity index (χ1) is 8.13. The monoisotopic (exact) mass is 234 g/mol. The Morgan fingerprint density at radius 2 is 2.18 bits per heavy atom. The summed E-state index contributed by atoms with van der Waals surface area (Å²) in [5, 5.41) is 8.60. The maximum absolute atomic E-state index is 13.4. The van der Waals surface area contributed by atoms with E-state index in [0.717, 1.165) is 12.5 Å². The second kappa shape index (κ2) is 6.00. The molecule has 0 aliphatic carbocycles. The van der Waals surface area contributed by atoms with E-state index < -0.39 is 5.82 Å². The van der Waals surface area contributed by atoms with Crippen molar-refractivity contribution in [2.75, 3.05) is 13.1 Å². The molecule has 0 aliphatic rings. The van der Waals surface area contributed by atoms with Crippen LogP contribution in [0.15, 0.2) is 18.2 Å². The maximum Gasteiger partial charge on any atom is 0.253 e. The molecule has 0 fully saturated rings. The minimum absolute atomic E-state index is 0.0416. The molecule has 17 heavy (non-hydrogen) atoms. The van der Waals surface area contributed by atoms with E-state index in [1.165, 1.54) is 12.1 Å². The number of nitriles is 1. The summed E-state index contributed by atoms with van der Waals surface area (Å²) in [5.74, 6) is -0.844. The van der Waals surface area contributed by atoms with Crippen LogP contribution in [0.4, 0.5) is 4.39 Å². The Labute approximate surface area is 100 Å². The van der Waals surface area contributed by atoms with Gasteiger partial charge in [0.15, 0.2) is 0 Å². The molecule has 1 aromatic rings. The van der Waals surface area contributed by atoms with Crippen molar-refractivity contribution in [3.8, 4) is 6.07 Å². The molecular formula is C13H15FN2O. The van der Waals surface area contributed by atoms with Crippen molar-refractivity contribution in [2.24, 2.45) is 0 Å². The van der Waals surface area contributed by atoms with Crippen LogP contribution in [0, 0.1) is 17.1 Å². The van der Waals surface area contributed by atoms with E-state index in [1.807, 2.05) is 13.8 Å². The molecule has 0 unspecified atom stereocenters. The van der Waals surface area contributed by atoms with E-state index >= 15 is 0 Å². The average molecular weight is 234 g/mol. The van der Waals surface area contributed by atoms with Crippen LogP contribution < -0.4 is 0 Å². The first-order valence-corrected chi connectivity index (χ1v) is 5.63. The van der Waals surface area contributed by atoms with Gasteiger partial charge in [-0.05, 0) is 31.5 Å². The fourth-order valence-corrected chi connectivity index (χ4v) is 1.59. The van der Waals surface area contributed by atoms with Crippen LogP contribution in [0.2, 0.25) is 0 Å². The molecule has 0 atom stereocenters. The van der Waals surface area contributed by atoms with Crippen LogP contribution in [-0.4, -0.2) is 23.9 Å². The van der Waals surface area contributed by atoms with Gasteiger partial charge in [-0.1, -0.05) is 6.92 Å². The summed E-state index contributed by atoms with van der Waals surface area (Å²) in [5.41, 5.74) is 0.247. The fourth-order valence-electron chi connectivity index (χ4n) is 1.59. The summed E-state index contributed by atoms with van der Waals surface area (Å²) in [6, 6.07) is 5.68. The summed E-state index contributed by atoms with van der Waals surface area (Å²) >= 11 is 0. The molecule has 0 spiro atoms. The molecule has 0 saturated heterocycles. The fraction of sp³-hybridized carbons (Fsp3) is 0.385. The van der Waals surface area contributed by atoms with Gasteiger partial charge in [-0.3, -0.25) is 4.79 Å². The lowest BCUT2D eigenvalue weighted by Gasteiger charge is -2.20. The van der Waals surface area contributed by atoms with Crippen molar-refractivity contribution >= 4 is 5.91 Å². The number of hydrogen-bond donors (Lipinski definition) is 0. The molecule has 0 heterocycles. The third kappa shape index (κ3) is 3.04. The molecule has 0 bridgehead atoms. The van der Waals surface area contributed by atoms with E-state index in [4.69, 9.17) is 5.26 Å². The highest BCUT2D eigenvalue weighted by Gasteiger charge is 2.14. The second-order valence-electron chi connectivity index (χ2n) is 3.69. The van der Waals surface area contributed by atoms with Gasteiger partial charge in [0.05, 0.1) is 5.56 Å². The van der Waals surface area contributed by atoms with Crippen LogP contribution in [0.25, 0.3) is 0 Å². The SMILES string of the molecule is CCCN(CC)C(=O)c1ccc(C#N)c(F)c1. The number of benzene rings is 1. The van der Waals surface area contributed by atoms with Crippen LogP contribution >= 0.6 is 0 Å². The lowest BCUT2D eigenvalue weighted by atomic mass is 10.1. The predicted molar refractivity (Wildman–Crippen MR) is 63.0 cm³/mol. The van der Waals surface area contributed by atoms with Crippen LogP contribution in [0.5, 0.6) is 0 Å². The zero-order valence-electron chi connectivity index (χ0n) is 10.0. The summed E-state index contributed by atoms with van der Waals surface area (Å²) in [7, 11) is 0. The summed E-state index contributed by atoms with van der Waals surface area (Å²) < 4.78 is 13.4. The number of amides is 1. The molecule has 90 valence electrons. The molecule has 1 aromatic carbocycles. The van der Waals surface area contributed by atoms with Crippen molar-refractivity contribution in [2.45, 2.75) is 20.3 Å². The third-order valence-electron chi connectivity index (χ3n) is 2.50. The van der Waals surface area contributed by atoms with Gasteiger partial charge >= 0.3 is 0 Å².